The Hall–Kier alpha value is -1.60. The third kappa shape index (κ3) is 3.99. The second kappa shape index (κ2) is 9.10. The maximum absolute atomic E-state index is 10.4. The van der Waals surface area contributed by atoms with Crippen LogP contribution in [0.25, 0.3) is 0 Å². The fraction of sp³-hybridized carbons (Fsp3) is 0.565. The number of hydrogen-bond acceptors (Lipinski definition) is 6. The molecule has 3 atom stereocenters. The Morgan fingerprint density at radius 2 is 2.10 bits per heavy atom. The smallest absolute Gasteiger partial charge is 0.135 e. The van der Waals surface area contributed by atoms with Crippen molar-refractivity contribution in [1.29, 1.82) is 0 Å². The summed E-state index contributed by atoms with van der Waals surface area (Å²) >= 11 is 0. The van der Waals surface area contributed by atoms with E-state index < -0.39 is 6.10 Å². The van der Waals surface area contributed by atoms with Gasteiger partial charge in [0.2, 0.25) is 0 Å². The predicted molar refractivity (Wildman–Crippen MR) is 130 cm³/mol. The summed E-state index contributed by atoms with van der Waals surface area (Å²) in [6.45, 7) is 10.4. The van der Waals surface area contributed by atoms with Crippen molar-refractivity contribution in [2.75, 3.05) is 29.9 Å². The Morgan fingerprint density at radius 3 is 2.87 bits per heavy atom. The molecule has 3 heterocycles. The summed E-state index contributed by atoms with van der Waals surface area (Å²) in [4.78, 5) is 11.5. The van der Waals surface area contributed by atoms with Crippen LogP contribution in [0.3, 0.4) is 0 Å². The van der Waals surface area contributed by atoms with Crippen molar-refractivity contribution in [2.24, 2.45) is 0 Å². The van der Waals surface area contributed by atoms with Crippen LogP contribution in [0.1, 0.15) is 68.0 Å². The zero-order valence-electron chi connectivity index (χ0n) is 18.4. The van der Waals surface area contributed by atoms with Gasteiger partial charge in [-0.3, -0.25) is 0 Å². The van der Waals surface area contributed by atoms with Crippen molar-refractivity contribution >= 4 is 36.3 Å². The average molecular weight is 466 g/mol. The monoisotopic (exact) mass is 465 g/mol. The highest BCUT2D eigenvalue weighted by Gasteiger charge is 2.47. The van der Waals surface area contributed by atoms with Crippen molar-refractivity contribution in [3.8, 4) is 0 Å². The Balaban J connectivity index is 0.00000136. The van der Waals surface area contributed by atoms with Gasteiger partial charge >= 0.3 is 0 Å². The number of aromatic nitrogens is 2. The van der Waals surface area contributed by atoms with Gasteiger partial charge in [0.25, 0.3) is 0 Å². The number of halogens is 2. The number of anilines is 2. The van der Waals surface area contributed by atoms with Gasteiger partial charge in [-0.2, -0.15) is 0 Å². The number of aliphatic hydroxyl groups is 1. The van der Waals surface area contributed by atoms with Crippen LogP contribution in [0, 0.1) is 0 Å². The summed E-state index contributed by atoms with van der Waals surface area (Å²) < 4.78 is 0. The average Bonchev–Trinajstić information content (AvgIpc) is 3.38. The third-order valence-corrected chi connectivity index (χ3v) is 6.93. The number of nitrogens with one attached hydrogen (secondary N) is 2. The molecule has 0 unspecified atom stereocenters. The van der Waals surface area contributed by atoms with Gasteiger partial charge in [0, 0.05) is 48.9 Å². The molecule has 0 amide bonds. The molecule has 3 aliphatic rings. The molecule has 170 valence electrons. The van der Waals surface area contributed by atoms with Crippen molar-refractivity contribution < 1.29 is 5.11 Å². The molecule has 0 saturated carbocycles. The largest absolute Gasteiger partial charge is 0.387 e. The lowest BCUT2D eigenvalue weighted by molar-refractivity contribution is 0.170. The lowest BCUT2D eigenvalue weighted by Gasteiger charge is -2.28. The molecule has 0 radical (unpaired) electrons. The lowest BCUT2D eigenvalue weighted by atomic mass is 9.79. The van der Waals surface area contributed by atoms with E-state index in [1.807, 2.05) is 0 Å². The molecule has 8 heteroatoms. The topological polar surface area (TPSA) is 73.3 Å². The van der Waals surface area contributed by atoms with E-state index in [2.05, 4.69) is 64.5 Å². The molecule has 1 aromatic heterocycles. The molecule has 0 bridgehead atoms. The second-order valence-electron chi connectivity index (χ2n) is 9.33. The minimum atomic E-state index is -0.458. The van der Waals surface area contributed by atoms with Crippen LogP contribution < -0.4 is 15.5 Å². The van der Waals surface area contributed by atoms with E-state index in [9.17, 15) is 5.11 Å². The number of nitrogens with zero attached hydrogens (tertiary/aromatic N) is 3. The highest BCUT2D eigenvalue weighted by Crippen LogP contribution is 2.48. The zero-order valence-corrected chi connectivity index (χ0v) is 20.0. The summed E-state index contributed by atoms with van der Waals surface area (Å²) in [5.74, 6) is 1.33. The van der Waals surface area contributed by atoms with E-state index in [0.29, 0.717) is 12.0 Å². The van der Waals surface area contributed by atoms with Crippen molar-refractivity contribution in [2.45, 2.75) is 63.6 Å². The molecule has 1 aliphatic carbocycles. The summed E-state index contributed by atoms with van der Waals surface area (Å²) in [7, 11) is 0. The van der Waals surface area contributed by atoms with Gasteiger partial charge in [0.05, 0.1) is 11.8 Å². The highest BCUT2D eigenvalue weighted by molar-refractivity contribution is 5.85. The van der Waals surface area contributed by atoms with Crippen LogP contribution in [-0.4, -0.2) is 40.8 Å². The van der Waals surface area contributed by atoms with Crippen LogP contribution in [0.2, 0.25) is 0 Å². The van der Waals surface area contributed by atoms with Crippen molar-refractivity contribution in [3.63, 3.8) is 0 Å². The molecule has 1 saturated heterocycles. The van der Waals surface area contributed by atoms with E-state index in [1.54, 1.807) is 6.33 Å². The minimum absolute atomic E-state index is 0. The van der Waals surface area contributed by atoms with E-state index in [-0.39, 0.29) is 30.2 Å². The number of aliphatic hydroxyl groups excluding tert-OH is 1. The van der Waals surface area contributed by atoms with Gasteiger partial charge in [0.1, 0.15) is 12.1 Å². The molecular weight excluding hydrogens is 433 g/mol. The predicted octanol–water partition coefficient (Wildman–Crippen LogP) is 3.93. The molecule has 3 N–H and O–H groups in total. The van der Waals surface area contributed by atoms with Crippen LogP contribution in [0.5, 0.6) is 0 Å². The summed E-state index contributed by atoms with van der Waals surface area (Å²) in [5.41, 5.74) is 6.26. The normalized spacial score (nSPS) is 25.8. The summed E-state index contributed by atoms with van der Waals surface area (Å²) in [6, 6.07) is 7.11. The van der Waals surface area contributed by atoms with E-state index >= 15 is 0 Å². The first-order valence-corrected chi connectivity index (χ1v) is 10.9. The molecule has 2 aromatic rings. The van der Waals surface area contributed by atoms with Gasteiger partial charge in [0.15, 0.2) is 0 Å². The van der Waals surface area contributed by atoms with Crippen LogP contribution >= 0.6 is 24.8 Å². The van der Waals surface area contributed by atoms with Crippen LogP contribution in [0.4, 0.5) is 11.5 Å². The third-order valence-electron chi connectivity index (χ3n) is 6.93. The van der Waals surface area contributed by atoms with Crippen molar-refractivity contribution in [1.82, 2.24) is 15.3 Å². The van der Waals surface area contributed by atoms with Gasteiger partial charge in [-0.1, -0.05) is 32.9 Å². The van der Waals surface area contributed by atoms with Gasteiger partial charge in [-0.05, 0) is 36.0 Å². The Bertz CT molecular complexity index is 940. The van der Waals surface area contributed by atoms with E-state index in [4.69, 9.17) is 0 Å². The minimum Gasteiger partial charge on any atom is -0.387 e. The number of fused-ring (bicyclic) bond motifs is 3. The van der Waals surface area contributed by atoms with Gasteiger partial charge < -0.3 is 20.6 Å². The second-order valence-corrected chi connectivity index (χ2v) is 9.33. The Morgan fingerprint density at radius 1 is 1.29 bits per heavy atom. The van der Waals surface area contributed by atoms with E-state index in [0.717, 1.165) is 56.1 Å². The maximum atomic E-state index is 10.4. The van der Waals surface area contributed by atoms with Gasteiger partial charge in [-0.15, -0.1) is 24.8 Å². The molecule has 31 heavy (non-hydrogen) atoms. The first-order chi connectivity index (χ1) is 14.0. The highest BCUT2D eigenvalue weighted by atomic mass is 35.5. The molecule has 5 rings (SSSR count). The standard InChI is InChI=1S/C23H31N5O.2ClH/c1-14(2)24-10-16-5-4-6-17-20(16)23(11-25-17)7-8-28(12-23)22-19-15(3)9-18(29)21(19)26-13-27-22;;/h4-6,13-15,18,24-25,29H,7-12H2,1-3H3;2*1H/t15-,18-,23+;;/m1../s1. The molecule has 1 fully saturated rings. The SMILES string of the molecule is CC(C)NCc1cccc2c1[C@@]1(CCN(c3ncnc4c3[C@H](C)C[C@H]4O)C1)CN2.Cl.Cl. The van der Waals surface area contributed by atoms with Crippen LogP contribution in [-0.2, 0) is 12.0 Å². The molecule has 1 aromatic carbocycles. The van der Waals surface area contributed by atoms with E-state index in [1.165, 1.54) is 16.8 Å². The molecule has 6 nitrogen and oxygen atoms in total. The number of rotatable bonds is 4. The summed E-state index contributed by atoms with van der Waals surface area (Å²) in [6.07, 6.45) is 3.02. The fourth-order valence-corrected chi connectivity index (χ4v) is 5.54. The van der Waals surface area contributed by atoms with Gasteiger partial charge in [-0.25, -0.2) is 9.97 Å². The maximum Gasteiger partial charge on any atom is 0.135 e. The van der Waals surface area contributed by atoms with Crippen molar-refractivity contribution in [3.05, 3.63) is 46.9 Å². The quantitative estimate of drug-likeness (QED) is 0.634. The summed E-state index contributed by atoms with van der Waals surface area (Å²) in [5, 5.41) is 17.6. The fourth-order valence-electron chi connectivity index (χ4n) is 5.54. The number of hydrogen-bond donors (Lipinski definition) is 3. The zero-order chi connectivity index (χ0) is 20.2. The molecular formula is C23H33Cl2N5O. The number of benzene rings is 1. The Kier molecular flexibility index (Phi) is 7.06. The lowest BCUT2D eigenvalue weighted by Crippen LogP contribution is -2.35. The Labute approximate surface area is 197 Å². The first kappa shape index (κ1) is 24.1. The molecule has 1 spiro atoms. The molecule has 2 aliphatic heterocycles. The first-order valence-electron chi connectivity index (χ1n) is 10.9. The van der Waals surface area contributed by atoms with Crippen LogP contribution in [0.15, 0.2) is 24.5 Å².